The third-order valence-corrected chi connectivity index (χ3v) is 10.2. The number of rotatable bonds is 5. The summed E-state index contributed by atoms with van der Waals surface area (Å²) in [4.78, 5) is 16.7. The summed E-state index contributed by atoms with van der Waals surface area (Å²) < 4.78 is 5.70. The largest absolute Gasteiger partial charge is 0.463 e. The molecular weight excluding hydrogens is 400 g/mol. The molecule has 1 heterocycles. The van der Waals surface area contributed by atoms with Crippen LogP contribution in [0.15, 0.2) is 12.2 Å². The molecule has 5 heteroatoms. The van der Waals surface area contributed by atoms with Gasteiger partial charge >= 0.3 is 5.97 Å². The van der Waals surface area contributed by atoms with Gasteiger partial charge in [-0.3, -0.25) is 4.79 Å². The maximum absolute atomic E-state index is 11.7. The van der Waals surface area contributed by atoms with Crippen LogP contribution in [0.1, 0.15) is 72.1 Å². The second kappa shape index (κ2) is 9.38. The summed E-state index contributed by atoms with van der Waals surface area (Å²) in [7, 11) is 2.20. The predicted molar refractivity (Wildman–Crippen MR) is 128 cm³/mol. The van der Waals surface area contributed by atoms with E-state index < -0.39 is 0 Å². The molecule has 5 nitrogen and oxygen atoms in total. The second-order valence-electron chi connectivity index (χ2n) is 11.9. The Balaban J connectivity index is 1.49. The number of allylic oxidation sites excluding steroid dienone is 1. The topological polar surface area (TPSA) is 53.0 Å². The molecule has 1 saturated heterocycles. The lowest BCUT2D eigenvalue weighted by molar-refractivity contribution is -0.157. The maximum Gasteiger partial charge on any atom is 0.302 e. The molecule has 32 heavy (non-hydrogen) atoms. The molecule has 0 aromatic rings. The van der Waals surface area contributed by atoms with E-state index in [1.54, 1.807) is 0 Å². The van der Waals surface area contributed by atoms with E-state index in [-0.39, 0.29) is 29.0 Å². The summed E-state index contributed by atoms with van der Waals surface area (Å²) in [5.41, 5.74) is 1.58. The van der Waals surface area contributed by atoms with Crippen molar-refractivity contribution >= 4 is 5.97 Å². The van der Waals surface area contributed by atoms with Gasteiger partial charge in [-0.1, -0.05) is 26.0 Å². The first-order valence-electron chi connectivity index (χ1n) is 13.1. The van der Waals surface area contributed by atoms with E-state index in [0.29, 0.717) is 17.8 Å². The molecule has 0 spiro atoms. The lowest BCUT2D eigenvalue weighted by Crippen LogP contribution is -2.53. The van der Waals surface area contributed by atoms with Crippen molar-refractivity contribution in [1.29, 1.82) is 0 Å². The highest BCUT2D eigenvalue weighted by atomic mass is 16.5. The van der Waals surface area contributed by atoms with E-state index >= 15 is 0 Å². The number of likely N-dealkylation sites (N-methyl/N-ethyl adjacent to an activating group) is 1. The average molecular weight is 447 g/mol. The molecule has 0 unspecified atom stereocenters. The van der Waals surface area contributed by atoms with Gasteiger partial charge in [-0.15, -0.1) is 0 Å². The maximum atomic E-state index is 11.7. The summed E-state index contributed by atoms with van der Waals surface area (Å²) in [6.07, 6.45) is 8.26. The van der Waals surface area contributed by atoms with Crippen LogP contribution < -0.4 is 0 Å². The van der Waals surface area contributed by atoms with Crippen molar-refractivity contribution in [2.24, 2.45) is 28.6 Å². The van der Waals surface area contributed by atoms with Crippen molar-refractivity contribution in [3.05, 3.63) is 12.2 Å². The smallest absolute Gasteiger partial charge is 0.302 e. The molecule has 0 radical (unpaired) electrons. The number of nitrogens with zero attached hydrogens (tertiary/aromatic N) is 2. The summed E-state index contributed by atoms with van der Waals surface area (Å²) in [5.74, 6) is 1.01. The van der Waals surface area contributed by atoms with Gasteiger partial charge in [-0.05, 0) is 93.5 Å². The molecule has 1 aliphatic heterocycles. The Morgan fingerprint density at radius 2 is 1.84 bits per heavy atom. The van der Waals surface area contributed by atoms with Crippen LogP contribution in [0.3, 0.4) is 0 Å². The molecule has 4 aliphatic rings. The van der Waals surface area contributed by atoms with Gasteiger partial charge in [0.1, 0.15) is 6.10 Å². The number of aliphatic hydroxyl groups excluding tert-OH is 1. The molecular formula is C27H46N2O3. The van der Waals surface area contributed by atoms with Crippen LogP contribution in [-0.4, -0.2) is 72.9 Å². The SMILES string of the molecule is C=C1CC[C@H]2[C@H](O)[C@@H]([C@@]3(C)CC[C@H](OC(C)=O)C[C@@H]3CCN3CCN(C)CC3)CC[C@]12C. The summed E-state index contributed by atoms with van der Waals surface area (Å²) in [6, 6.07) is 0. The molecule has 0 amide bonds. The van der Waals surface area contributed by atoms with Crippen molar-refractivity contribution in [2.75, 3.05) is 39.8 Å². The highest BCUT2D eigenvalue weighted by molar-refractivity contribution is 5.66. The summed E-state index contributed by atoms with van der Waals surface area (Å²) in [5, 5.41) is 11.7. The van der Waals surface area contributed by atoms with Crippen molar-refractivity contribution in [2.45, 2.75) is 84.3 Å². The Hall–Kier alpha value is -0.910. The van der Waals surface area contributed by atoms with Gasteiger partial charge in [-0.2, -0.15) is 0 Å². The van der Waals surface area contributed by atoms with Gasteiger partial charge in [0.05, 0.1) is 6.10 Å². The number of aliphatic hydroxyl groups is 1. The van der Waals surface area contributed by atoms with Gasteiger partial charge in [-0.25, -0.2) is 0 Å². The first-order chi connectivity index (χ1) is 15.1. The van der Waals surface area contributed by atoms with Crippen molar-refractivity contribution < 1.29 is 14.6 Å². The Bertz CT molecular complexity index is 703. The second-order valence-corrected chi connectivity index (χ2v) is 11.9. The molecule has 3 saturated carbocycles. The highest BCUT2D eigenvalue weighted by Crippen LogP contribution is 2.61. The van der Waals surface area contributed by atoms with Crippen LogP contribution in [-0.2, 0) is 9.53 Å². The van der Waals surface area contributed by atoms with Crippen molar-refractivity contribution in [1.82, 2.24) is 9.80 Å². The number of hydrogen-bond donors (Lipinski definition) is 1. The summed E-state index contributed by atoms with van der Waals surface area (Å²) >= 11 is 0. The van der Waals surface area contributed by atoms with E-state index in [0.717, 1.165) is 84.1 Å². The lowest BCUT2D eigenvalue weighted by Gasteiger charge is -2.55. The van der Waals surface area contributed by atoms with E-state index in [9.17, 15) is 9.90 Å². The molecule has 182 valence electrons. The highest BCUT2D eigenvalue weighted by Gasteiger charge is 2.56. The molecule has 4 rings (SSSR count). The fraction of sp³-hybridized carbons (Fsp3) is 0.889. The van der Waals surface area contributed by atoms with Crippen LogP contribution in [0, 0.1) is 28.6 Å². The number of esters is 1. The van der Waals surface area contributed by atoms with E-state index in [1.165, 1.54) is 12.5 Å². The fourth-order valence-corrected chi connectivity index (χ4v) is 7.80. The minimum absolute atomic E-state index is 0.0373. The Morgan fingerprint density at radius 3 is 2.53 bits per heavy atom. The molecule has 4 fully saturated rings. The monoisotopic (exact) mass is 446 g/mol. The third kappa shape index (κ3) is 4.54. The molecule has 0 bridgehead atoms. The lowest BCUT2D eigenvalue weighted by atomic mass is 9.51. The van der Waals surface area contributed by atoms with Crippen molar-refractivity contribution in [3.8, 4) is 0 Å². The molecule has 0 aromatic heterocycles. The zero-order chi connectivity index (χ0) is 23.1. The van der Waals surface area contributed by atoms with Gasteiger partial charge in [0.25, 0.3) is 0 Å². The number of carbonyl (C=O) groups is 1. The van der Waals surface area contributed by atoms with Gasteiger partial charge in [0.15, 0.2) is 0 Å². The molecule has 0 aromatic carbocycles. The number of ether oxygens (including phenoxy) is 1. The number of hydrogen-bond acceptors (Lipinski definition) is 5. The Labute approximate surface area is 195 Å². The van der Waals surface area contributed by atoms with E-state index in [4.69, 9.17) is 4.74 Å². The Kier molecular flexibility index (Phi) is 7.10. The van der Waals surface area contributed by atoms with Crippen LogP contribution in [0.2, 0.25) is 0 Å². The standard InChI is InChI=1S/C27H46N2O3/c1-19-6-7-23-25(31)24(9-12-26(19,23)3)27(4)11-8-22(32-20(2)30)18-21(27)10-13-29-16-14-28(5)15-17-29/h21-25,31H,1,6-18H2,2-5H3/t21-,22-,23-,24-,25-,26+,27-/m0/s1. The van der Waals surface area contributed by atoms with Gasteiger partial charge < -0.3 is 19.6 Å². The average Bonchev–Trinajstić information content (AvgIpc) is 3.05. The van der Waals surface area contributed by atoms with Crippen LogP contribution >= 0.6 is 0 Å². The fourth-order valence-electron chi connectivity index (χ4n) is 7.80. The normalized spacial score (nSPS) is 43.8. The zero-order valence-electron chi connectivity index (χ0n) is 20.9. The van der Waals surface area contributed by atoms with E-state index in [1.807, 2.05) is 0 Å². The zero-order valence-corrected chi connectivity index (χ0v) is 20.9. The Morgan fingerprint density at radius 1 is 1.12 bits per heavy atom. The predicted octanol–water partition coefficient (Wildman–Crippen LogP) is 4.11. The summed E-state index contributed by atoms with van der Waals surface area (Å²) in [6.45, 7) is 16.4. The van der Waals surface area contributed by atoms with Crippen LogP contribution in [0.25, 0.3) is 0 Å². The molecule has 7 atom stereocenters. The first-order valence-corrected chi connectivity index (χ1v) is 13.1. The number of fused-ring (bicyclic) bond motifs is 1. The van der Waals surface area contributed by atoms with Gasteiger partial charge in [0.2, 0.25) is 0 Å². The minimum Gasteiger partial charge on any atom is -0.463 e. The van der Waals surface area contributed by atoms with Gasteiger partial charge in [0, 0.05) is 33.1 Å². The third-order valence-electron chi connectivity index (χ3n) is 10.2. The number of piperazine rings is 1. The molecule has 3 aliphatic carbocycles. The molecule has 1 N–H and O–H groups in total. The van der Waals surface area contributed by atoms with Crippen molar-refractivity contribution in [3.63, 3.8) is 0 Å². The quantitative estimate of drug-likeness (QED) is 0.509. The number of carbonyl (C=O) groups excluding carboxylic acids is 1. The van der Waals surface area contributed by atoms with Crippen LogP contribution in [0.5, 0.6) is 0 Å². The van der Waals surface area contributed by atoms with Crippen LogP contribution in [0.4, 0.5) is 0 Å². The van der Waals surface area contributed by atoms with E-state index in [2.05, 4.69) is 37.3 Å². The minimum atomic E-state index is -0.241. The first kappa shape index (κ1) is 24.2.